The van der Waals surface area contributed by atoms with Crippen molar-refractivity contribution in [1.29, 1.82) is 0 Å². The zero-order valence-electron chi connectivity index (χ0n) is 8.12. The average Bonchev–Trinajstić information content (AvgIpc) is 2.06. The summed E-state index contributed by atoms with van der Waals surface area (Å²) in [6.45, 7) is 2.04. The quantitative estimate of drug-likeness (QED) is 0.738. The van der Waals surface area contributed by atoms with Gasteiger partial charge >= 0.3 is 0 Å². The zero-order valence-corrected chi connectivity index (χ0v) is 8.12. The molecule has 70 valence electrons. The van der Waals surface area contributed by atoms with Crippen LogP contribution in [0.2, 0.25) is 0 Å². The predicted molar refractivity (Wildman–Crippen MR) is 51.6 cm³/mol. The summed E-state index contributed by atoms with van der Waals surface area (Å²) in [5.74, 6) is 0.631. The van der Waals surface area contributed by atoms with Crippen LogP contribution in [-0.2, 0) is 0 Å². The minimum atomic E-state index is 0.631. The highest BCUT2D eigenvalue weighted by Crippen LogP contribution is 2.36. The molecule has 1 saturated carbocycles. The summed E-state index contributed by atoms with van der Waals surface area (Å²) in [4.78, 5) is 8.63. The standard InChI is InChI=1S/C10H15N3/c1-7-10(13-4-3-12-7)8-5-9(6-8)11-2/h3-4,8-9,11H,5-6H2,1-2H3. The molecule has 2 rings (SSSR count). The molecule has 1 aromatic rings. The van der Waals surface area contributed by atoms with Gasteiger partial charge in [0.05, 0.1) is 11.4 Å². The zero-order chi connectivity index (χ0) is 9.26. The Morgan fingerprint density at radius 2 is 2.00 bits per heavy atom. The number of hydrogen-bond donors (Lipinski definition) is 1. The Bertz CT molecular complexity index is 292. The molecule has 0 saturated heterocycles. The van der Waals surface area contributed by atoms with Gasteiger partial charge in [0.25, 0.3) is 0 Å². The van der Waals surface area contributed by atoms with E-state index in [4.69, 9.17) is 0 Å². The van der Waals surface area contributed by atoms with Gasteiger partial charge in [0, 0.05) is 24.4 Å². The van der Waals surface area contributed by atoms with E-state index in [0.717, 1.165) is 5.69 Å². The first-order valence-electron chi connectivity index (χ1n) is 4.76. The monoisotopic (exact) mass is 177 g/mol. The van der Waals surface area contributed by atoms with Crippen molar-refractivity contribution in [1.82, 2.24) is 15.3 Å². The first kappa shape index (κ1) is 8.63. The Morgan fingerprint density at radius 3 is 2.62 bits per heavy atom. The lowest BCUT2D eigenvalue weighted by molar-refractivity contribution is 0.300. The van der Waals surface area contributed by atoms with Crippen LogP contribution in [0.4, 0.5) is 0 Å². The molecule has 0 unspecified atom stereocenters. The normalized spacial score (nSPS) is 26.9. The minimum absolute atomic E-state index is 0.631. The fourth-order valence-electron chi connectivity index (χ4n) is 1.90. The predicted octanol–water partition coefficient (Wildman–Crippen LogP) is 1.25. The summed E-state index contributed by atoms with van der Waals surface area (Å²) in [5, 5.41) is 3.27. The summed E-state index contributed by atoms with van der Waals surface area (Å²) in [5.41, 5.74) is 2.27. The largest absolute Gasteiger partial charge is 0.317 e. The van der Waals surface area contributed by atoms with E-state index in [2.05, 4.69) is 15.3 Å². The molecular formula is C10H15N3. The lowest BCUT2D eigenvalue weighted by Gasteiger charge is -2.34. The summed E-state index contributed by atoms with van der Waals surface area (Å²) in [6.07, 6.45) is 5.95. The second kappa shape index (κ2) is 3.42. The fraction of sp³-hybridized carbons (Fsp3) is 0.600. The van der Waals surface area contributed by atoms with Crippen molar-refractivity contribution in [2.75, 3.05) is 7.05 Å². The molecule has 1 aliphatic rings. The molecule has 1 fully saturated rings. The van der Waals surface area contributed by atoms with Crippen molar-refractivity contribution in [2.24, 2.45) is 0 Å². The van der Waals surface area contributed by atoms with Gasteiger partial charge in [-0.25, -0.2) is 0 Å². The maximum absolute atomic E-state index is 4.38. The minimum Gasteiger partial charge on any atom is -0.317 e. The van der Waals surface area contributed by atoms with Crippen LogP contribution in [0, 0.1) is 6.92 Å². The van der Waals surface area contributed by atoms with Crippen molar-refractivity contribution >= 4 is 0 Å². The van der Waals surface area contributed by atoms with Crippen molar-refractivity contribution < 1.29 is 0 Å². The Labute approximate surface area is 78.6 Å². The highest BCUT2D eigenvalue weighted by Gasteiger charge is 2.31. The van der Waals surface area contributed by atoms with Crippen LogP contribution in [-0.4, -0.2) is 23.1 Å². The molecule has 1 heterocycles. The molecule has 0 aliphatic heterocycles. The van der Waals surface area contributed by atoms with Crippen LogP contribution in [0.5, 0.6) is 0 Å². The Morgan fingerprint density at radius 1 is 1.31 bits per heavy atom. The molecule has 1 aliphatic carbocycles. The topological polar surface area (TPSA) is 37.8 Å². The molecule has 13 heavy (non-hydrogen) atoms. The first-order valence-corrected chi connectivity index (χ1v) is 4.76. The van der Waals surface area contributed by atoms with Gasteiger partial charge in [-0.1, -0.05) is 0 Å². The van der Waals surface area contributed by atoms with Gasteiger partial charge in [-0.2, -0.15) is 0 Å². The number of nitrogens with zero attached hydrogens (tertiary/aromatic N) is 2. The third-order valence-corrected chi connectivity index (χ3v) is 2.85. The smallest absolute Gasteiger partial charge is 0.0647 e. The number of rotatable bonds is 2. The highest BCUT2D eigenvalue weighted by atomic mass is 14.9. The van der Waals surface area contributed by atoms with Crippen LogP contribution in [0.1, 0.15) is 30.1 Å². The van der Waals surface area contributed by atoms with E-state index in [1.807, 2.05) is 14.0 Å². The maximum atomic E-state index is 4.38. The second-order valence-electron chi connectivity index (χ2n) is 3.68. The Hall–Kier alpha value is -0.960. The molecule has 1 aromatic heterocycles. The number of hydrogen-bond acceptors (Lipinski definition) is 3. The van der Waals surface area contributed by atoms with Crippen LogP contribution in [0.15, 0.2) is 12.4 Å². The second-order valence-corrected chi connectivity index (χ2v) is 3.68. The third-order valence-electron chi connectivity index (χ3n) is 2.85. The van der Waals surface area contributed by atoms with Gasteiger partial charge in [-0.3, -0.25) is 9.97 Å². The Balaban J connectivity index is 2.07. The van der Waals surface area contributed by atoms with E-state index in [1.54, 1.807) is 12.4 Å². The molecule has 0 bridgehead atoms. The van der Waals surface area contributed by atoms with Gasteiger partial charge in [0.2, 0.25) is 0 Å². The molecule has 3 heteroatoms. The van der Waals surface area contributed by atoms with Gasteiger partial charge in [-0.15, -0.1) is 0 Å². The Kier molecular flexibility index (Phi) is 2.27. The van der Waals surface area contributed by atoms with E-state index in [0.29, 0.717) is 12.0 Å². The number of aromatic nitrogens is 2. The molecule has 1 N–H and O–H groups in total. The summed E-state index contributed by atoms with van der Waals surface area (Å²) in [7, 11) is 2.02. The van der Waals surface area contributed by atoms with Gasteiger partial charge < -0.3 is 5.32 Å². The van der Waals surface area contributed by atoms with Crippen LogP contribution >= 0.6 is 0 Å². The van der Waals surface area contributed by atoms with E-state index >= 15 is 0 Å². The average molecular weight is 177 g/mol. The molecule has 3 nitrogen and oxygen atoms in total. The first-order chi connectivity index (χ1) is 6.31. The lowest BCUT2D eigenvalue weighted by atomic mass is 9.77. The van der Waals surface area contributed by atoms with Crippen LogP contribution < -0.4 is 5.32 Å². The number of aryl methyl sites for hydroxylation is 1. The maximum Gasteiger partial charge on any atom is 0.0647 e. The molecule has 0 amide bonds. The molecular weight excluding hydrogens is 162 g/mol. The van der Waals surface area contributed by atoms with Crippen molar-refractivity contribution in [3.63, 3.8) is 0 Å². The lowest BCUT2D eigenvalue weighted by Crippen LogP contribution is -2.38. The molecule has 0 radical (unpaired) electrons. The summed E-state index contributed by atoms with van der Waals surface area (Å²) >= 11 is 0. The van der Waals surface area contributed by atoms with Crippen molar-refractivity contribution in [2.45, 2.75) is 31.7 Å². The van der Waals surface area contributed by atoms with E-state index in [1.165, 1.54) is 18.5 Å². The van der Waals surface area contributed by atoms with Crippen LogP contribution in [0.25, 0.3) is 0 Å². The highest BCUT2D eigenvalue weighted by molar-refractivity contribution is 5.18. The van der Waals surface area contributed by atoms with Gasteiger partial charge in [0.1, 0.15) is 0 Å². The van der Waals surface area contributed by atoms with E-state index < -0.39 is 0 Å². The third kappa shape index (κ3) is 1.56. The van der Waals surface area contributed by atoms with E-state index in [-0.39, 0.29) is 0 Å². The van der Waals surface area contributed by atoms with Crippen molar-refractivity contribution in [3.05, 3.63) is 23.8 Å². The van der Waals surface area contributed by atoms with Crippen LogP contribution in [0.3, 0.4) is 0 Å². The van der Waals surface area contributed by atoms with Crippen molar-refractivity contribution in [3.8, 4) is 0 Å². The SMILES string of the molecule is CNC1CC(c2nccnc2C)C1. The fourth-order valence-corrected chi connectivity index (χ4v) is 1.90. The summed E-state index contributed by atoms with van der Waals surface area (Å²) in [6, 6.07) is 0.686. The van der Waals surface area contributed by atoms with E-state index in [9.17, 15) is 0 Å². The molecule has 0 atom stereocenters. The molecule has 0 spiro atoms. The van der Waals surface area contributed by atoms with Gasteiger partial charge in [0.15, 0.2) is 0 Å². The summed E-state index contributed by atoms with van der Waals surface area (Å²) < 4.78 is 0. The molecule has 0 aromatic carbocycles. The number of nitrogens with one attached hydrogen (secondary N) is 1. The van der Waals surface area contributed by atoms with Gasteiger partial charge in [-0.05, 0) is 26.8 Å².